The zero-order chi connectivity index (χ0) is 12.1. The van der Waals surface area contributed by atoms with Crippen LogP contribution in [0.5, 0.6) is 0 Å². The summed E-state index contributed by atoms with van der Waals surface area (Å²) >= 11 is 1.49. The van der Waals surface area contributed by atoms with Crippen molar-refractivity contribution in [2.24, 2.45) is 0 Å². The Labute approximate surface area is 104 Å². The molecule has 0 saturated carbocycles. The Morgan fingerprint density at radius 3 is 3.00 bits per heavy atom. The lowest BCUT2D eigenvalue weighted by atomic mass is 10.2. The summed E-state index contributed by atoms with van der Waals surface area (Å²) in [5.41, 5.74) is 0. The Kier molecular flexibility index (Phi) is 3.73. The lowest BCUT2D eigenvalue weighted by Crippen LogP contribution is -2.23. The van der Waals surface area contributed by atoms with Crippen LogP contribution in [-0.4, -0.2) is 12.5 Å². The minimum Gasteiger partial charge on any atom is -0.351 e. The number of thiophene rings is 1. The van der Waals surface area contributed by atoms with Gasteiger partial charge in [0.2, 0.25) is 0 Å². The van der Waals surface area contributed by atoms with E-state index in [0.717, 1.165) is 15.0 Å². The largest absolute Gasteiger partial charge is 0.351 e. The molecule has 1 amide bonds. The van der Waals surface area contributed by atoms with Crippen LogP contribution < -0.4 is 5.32 Å². The van der Waals surface area contributed by atoms with Gasteiger partial charge in [0.15, 0.2) is 0 Å². The van der Waals surface area contributed by atoms with Crippen molar-refractivity contribution in [2.75, 3.05) is 6.54 Å². The Morgan fingerprint density at radius 2 is 2.24 bits per heavy atom. The highest BCUT2D eigenvalue weighted by molar-refractivity contribution is 7.20. The zero-order valence-electron chi connectivity index (χ0n) is 9.27. The molecular formula is C13H12N2OS. The Balaban J connectivity index is 2.02. The molecule has 0 aliphatic rings. The Morgan fingerprint density at radius 1 is 1.41 bits per heavy atom. The standard InChI is InChI=1S/C13H12N2OS/c14-7-3-4-8-15-13(16)12-9-10-5-1-2-6-11(10)17-12/h1-2,5-6,9H,3-4,8H2,(H,15,16). The molecule has 3 nitrogen and oxygen atoms in total. The minimum absolute atomic E-state index is 0.0517. The summed E-state index contributed by atoms with van der Waals surface area (Å²) in [6.45, 7) is 0.556. The molecule has 17 heavy (non-hydrogen) atoms. The first kappa shape index (κ1) is 11.6. The molecule has 1 aromatic carbocycles. The first-order valence-electron chi connectivity index (χ1n) is 5.45. The molecule has 0 fully saturated rings. The molecule has 0 aliphatic carbocycles. The first-order valence-corrected chi connectivity index (χ1v) is 6.26. The van der Waals surface area contributed by atoms with Gasteiger partial charge in [-0.25, -0.2) is 0 Å². The van der Waals surface area contributed by atoms with Gasteiger partial charge < -0.3 is 5.32 Å². The van der Waals surface area contributed by atoms with Crippen molar-refractivity contribution in [3.63, 3.8) is 0 Å². The molecule has 1 N–H and O–H groups in total. The summed E-state index contributed by atoms with van der Waals surface area (Å²) in [6.07, 6.45) is 1.18. The van der Waals surface area contributed by atoms with Gasteiger partial charge in [-0.3, -0.25) is 4.79 Å². The lowest BCUT2D eigenvalue weighted by molar-refractivity contribution is 0.0957. The van der Waals surface area contributed by atoms with E-state index in [2.05, 4.69) is 11.4 Å². The van der Waals surface area contributed by atoms with E-state index in [-0.39, 0.29) is 5.91 Å². The second-order valence-corrected chi connectivity index (χ2v) is 4.75. The molecule has 2 aromatic rings. The number of benzene rings is 1. The molecule has 86 valence electrons. The molecule has 0 saturated heterocycles. The molecular weight excluding hydrogens is 232 g/mol. The lowest BCUT2D eigenvalue weighted by Gasteiger charge is -2.00. The summed E-state index contributed by atoms with van der Waals surface area (Å²) in [7, 11) is 0. The maximum atomic E-state index is 11.8. The third-order valence-corrected chi connectivity index (χ3v) is 3.52. The highest BCUT2D eigenvalue weighted by atomic mass is 32.1. The number of rotatable bonds is 4. The quantitative estimate of drug-likeness (QED) is 0.841. The van der Waals surface area contributed by atoms with Crippen LogP contribution in [0, 0.1) is 11.3 Å². The van der Waals surface area contributed by atoms with Gasteiger partial charge in [-0.2, -0.15) is 5.26 Å². The van der Waals surface area contributed by atoms with Crippen LogP contribution in [0.3, 0.4) is 0 Å². The fourth-order valence-electron chi connectivity index (χ4n) is 1.55. The fourth-order valence-corrected chi connectivity index (χ4v) is 2.53. The van der Waals surface area contributed by atoms with Crippen LogP contribution >= 0.6 is 11.3 Å². The van der Waals surface area contributed by atoms with E-state index in [1.807, 2.05) is 30.3 Å². The van der Waals surface area contributed by atoms with Crippen LogP contribution in [0.15, 0.2) is 30.3 Å². The van der Waals surface area contributed by atoms with Gasteiger partial charge >= 0.3 is 0 Å². The molecule has 1 aromatic heterocycles. The number of carbonyl (C=O) groups is 1. The highest BCUT2D eigenvalue weighted by Crippen LogP contribution is 2.24. The van der Waals surface area contributed by atoms with Gasteiger partial charge in [-0.15, -0.1) is 11.3 Å². The maximum Gasteiger partial charge on any atom is 0.261 e. The average molecular weight is 244 g/mol. The molecule has 1 heterocycles. The highest BCUT2D eigenvalue weighted by Gasteiger charge is 2.08. The van der Waals surface area contributed by atoms with Gasteiger partial charge in [-0.1, -0.05) is 18.2 Å². The third-order valence-electron chi connectivity index (χ3n) is 2.40. The number of amides is 1. The fraction of sp³-hybridized carbons (Fsp3) is 0.231. The SMILES string of the molecule is N#CCCCNC(=O)c1cc2ccccc2s1. The summed E-state index contributed by atoms with van der Waals surface area (Å²) in [5.74, 6) is -0.0517. The molecule has 0 spiro atoms. The van der Waals surface area contributed by atoms with Crippen molar-refractivity contribution in [2.45, 2.75) is 12.8 Å². The molecule has 0 atom stereocenters. The molecule has 4 heteroatoms. The summed E-state index contributed by atoms with van der Waals surface area (Å²) in [4.78, 5) is 12.5. The Hall–Kier alpha value is -1.86. The maximum absolute atomic E-state index is 11.8. The number of nitrogens with one attached hydrogen (secondary N) is 1. The van der Waals surface area contributed by atoms with E-state index >= 15 is 0 Å². The molecule has 2 rings (SSSR count). The van der Waals surface area contributed by atoms with E-state index in [1.165, 1.54) is 11.3 Å². The molecule has 0 unspecified atom stereocenters. The van der Waals surface area contributed by atoms with Crippen molar-refractivity contribution in [1.29, 1.82) is 5.26 Å². The van der Waals surface area contributed by atoms with E-state index in [4.69, 9.17) is 5.26 Å². The van der Waals surface area contributed by atoms with Crippen LogP contribution in [0.25, 0.3) is 10.1 Å². The van der Waals surface area contributed by atoms with Gasteiger partial charge in [0.05, 0.1) is 10.9 Å². The van der Waals surface area contributed by atoms with Crippen LogP contribution in [0.4, 0.5) is 0 Å². The average Bonchev–Trinajstić information content (AvgIpc) is 2.78. The van der Waals surface area contributed by atoms with E-state index in [1.54, 1.807) is 0 Å². The van der Waals surface area contributed by atoms with Gasteiger partial charge in [0.25, 0.3) is 5.91 Å². The minimum atomic E-state index is -0.0517. The van der Waals surface area contributed by atoms with E-state index in [9.17, 15) is 4.79 Å². The van der Waals surface area contributed by atoms with Gasteiger partial charge in [0.1, 0.15) is 0 Å². The number of unbranched alkanes of at least 4 members (excludes halogenated alkanes) is 1. The van der Waals surface area contributed by atoms with Crippen molar-refractivity contribution >= 4 is 27.3 Å². The second-order valence-electron chi connectivity index (χ2n) is 3.67. The predicted molar refractivity (Wildman–Crippen MR) is 69.0 cm³/mol. The Bertz CT molecular complexity index is 535. The van der Waals surface area contributed by atoms with Crippen molar-refractivity contribution in [3.05, 3.63) is 35.2 Å². The molecule has 0 radical (unpaired) electrons. The summed E-state index contributed by atoms with van der Waals surface area (Å²) in [6, 6.07) is 11.9. The zero-order valence-corrected chi connectivity index (χ0v) is 10.1. The number of hydrogen-bond acceptors (Lipinski definition) is 3. The number of nitrogens with zero attached hydrogens (tertiary/aromatic N) is 1. The van der Waals surface area contributed by atoms with Crippen molar-refractivity contribution < 1.29 is 4.79 Å². The van der Waals surface area contributed by atoms with Gasteiger partial charge in [-0.05, 0) is 23.9 Å². The number of fused-ring (bicyclic) bond motifs is 1. The number of carbonyl (C=O) groups excluding carboxylic acids is 1. The topological polar surface area (TPSA) is 52.9 Å². The monoisotopic (exact) mass is 244 g/mol. The second kappa shape index (κ2) is 5.46. The normalized spacial score (nSPS) is 10.1. The smallest absolute Gasteiger partial charge is 0.261 e. The summed E-state index contributed by atoms with van der Waals surface area (Å²) < 4.78 is 1.12. The van der Waals surface area contributed by atoms with Gasteiger partial charge in [0, 0.05) is 17.7 Å². The van der Waals surface area contributed by atoms with Crippen LogP contribution in [-0.2, 0) is 0 Å². The van der Waals surface area contributed by atoms with Crippen LogP contribution in [0.2, 0.25) is 0 Å². The van der Waals surface area contributed by atoms with Crippen molar-refractivity contribution in [1.82, 2.24) is 5.32 Å². The van der Waals surface area contributed by atoms with E-state index < -0.39 is 0 Å². The van der Waals surface area contributed by atoms with Crippen LogP contribution in [0.1, 0.15) is 22.5 Å². The predicted octanol–water partition coefficient (Wildman–Crippen LogP) is 2.93. The van der Waals surface area contributed by atoms with Crippen molar-refractivity contribution in [3.8, 4) is 6.07 Å². The third kappa shape index (κ3) is 2.83. The first-order chi connectivity index (χ1) is 8.31. The summed E-state index contributed by atoms with van der Waals surface area (Å²) in [5, 5.41) is 12.3. The van der Waals surface area contributed by atoms with E-state index in [0.29, 0.717) is 19.4 Å². The molecule has 0 bridgehead atoms. The number of hydrogen-bond donors (Lipinski definition) is 1. The number of nitriles is 1. The molecule has 0 aliphatic heterocycles.